The molecule has 0 saturated carbocycles. The second-order valence-electron chi connectivity index (χ2n) is 8.31. The number of nitrogens with zero attached hydrogens (tertiary/aromatic N) is 1. The SMILES string of the molecule is CC(C)c1c(F)c(Cl)c(F)c(C(C)C)c1CC(=O)NS(=O)(=O)c1ncc(C(C)(C)O)s1. The van der Waals surface area contributed by atoms with Crippen LogP contribution < -0.4 is 4.72 Å². The Morgan fingerprint density at radius 2 is 1.68 bits per heavy atom. The van der Waals surface area contributed by atoms with Gasteiger partial charge in [-0.1, -0.05) is 39.3 Å². The van der Waals surface area contributed by atoms with Gasteiger partial charge in [0.1, 0.15) is 16.7 Å². The molecule has 1 aromatic heterocycles. The summed E-state index contributed by atoms with van der Waals surface area (Å²) in [4.78, 5) is 16.7. The first kappa shape index (κ1) is 25.6. The van der Waals surface area contributed by atoms with E-state index in [1.54, 1.807) is 27.7 Å². The topological polar surface area (TPSA) is 96.4 Å². The largest absolute Gasteiger partial charge is 0.385 e. The van der Waals surface area contributed by atoms with E-state index in [1.807, 2.05) is 4.72 Å². The van der Waals surface area contributed by atoms with Crippen molar-refractivity contribution in [2.75, 3.05) is 0 Å². The molecule has 1 aromatic carbocycles. The van der Waals surface area contributed by atoms with E-state index in [9.17, 15) is 27.1 Å². The van der Waals surface area contributed by atoms with Crippen molar-refractivity contribution in [1.29, 1.82) is 0 Å². The fourth-order valence-corrected chi connectivity index (χ4v) is 5.53. The van der Waals surface area contributed by atoms with Crippen LogP contribution in [-0.2, 0) is 26.8 Å². The van der Waals surface area contributed by atoms with Gasteiger partial charge < -0.3 is 5.11 Å². The summed E-state index contributed by atoms with van der Waals surface area (Å²) in [6.07, 6.45) is 0.649. The van der Waals surface area contributed by atoms with Gasteiger partial charge in [-0.05, 0) is 42.4 Å². The van der Waals surface area contributed by atoms with Crippen LogP contribution in [-0.4, -0.2) is 24.4 Å². The summed E-state index contributed by atoms with van der Waals surface area (Å²) < 4.78 is 56.1. The molecule has 0 atom stereocenters. The standard InChI is InChI=1S/C20H25ClF2N2O4S2/c1-9(2)14-11(15(10(3)4)18(23)16(21)17(14)22)7-13(26)25-31(28,29)19-24-8-12(30-19)20(5,6)27/h8-10,27H,7H2,1-6H3,(H,25,26). The molecule has 0 bridgehead atoms. The molecule has 0 spiro atoms. The van der Waals surface area contributed by atoms with Gasteiger partial charge in [0.05, 0.1) is 16.9 Å². The van der Waals surface area contributed by atoms with Crippen LogP contribution in [0, 0.1) is 11.6 Å². The Balaban J connectivity index is 2.45. The lowest BCUT2D eigenvalue weighted by Crippen LogP contribution is -2.32. The summed E-state index contributed by atoms with van der Waals surface area (Å²) in [5.41, 5.74) is -1.08. The van der Waals surface area contributed by atoms with Crippen molar-refractivity contribution in [1.82, 2.24) is 9.71 Å². The second-order valence-corrected chi connectivity index (χ2v) is 11.6. The molecule has 2 aromatic rings. The van der Waals surface area contributed by atoms with E-state index in [4.69, 9.17) is 11.6 Å². The Morgan fingerprint density at radius 1 is 1.19 bits per heavy atom. The van der Waals surface area contributed by atoms with Crippen molar-refractivity contribution in [3.63, 3.8) is 0 Å². The highest BCUT2D eigenvalue weighted by Gasteiger charge is 2.30. The van der Waals surface area contributed by atoms with Crippen LogP contribution in [0.4, 0.5) is 8.78 Å². The lowest BCUT2D eigenvalue weighted by molar-refractivity contribution is -0.118. The van der Waals surface area contributed by atoms with Crippen LogP contribution >= 0.6 is 22.9 Å². The van der Waals surface area contributed by atoms with Crippen molar-refractivity contribution in [3.8, 4) is 0 Å². The molecule has 2 N–H and O–H groups in total. The van der Waals surface area contributed by atoms with E-state index in [0.29, 0.717) is 16.2 Å². The predicted molar refractivity (Wildman–Crippen MR) is 116 cm³/mol. The molecule has 0 unspecified atom stereocenters. The highest BCUT2D eigenvalue weighted by molar-refractivity contribution is 7.92. The number of rotatable bonds is 7. The van der Waals surface area contributed by atoms with E-state index in [-0.39, 0.29) is 16.7 Å². The van der Waals surface area contributed by atoms with Crippen molar-refractivity contribution in [3.05, 3.63) is 44.4 Å². The number of thiazole rings is 1. The summed E-state index contributed by atoms with van der Waals surface area (Å²) in [6.45, 7) is 9.62. The number of aromatic nitrogens is 1. The third-order valence-electron chi connectivity index (χ3n) is 4.57. The molecular formula is C20H25ClF2N2O4S2. The van der Waals surface area contributed by atoms with Gasteiger partial charge in [-0.25, -0.2) is 18.5 Å². The van der Waals surface area contributed by atoms with Crippen LogP contribution in [0.1, 0.15) is 74.9 Å². The average Bonchev–Trinajstić information content (AvgIpc) is 3.10. The van der Waals surface area contributed by atoms with Crippen LogP contribution in [0.3, 0.4) is 0 Å². The first-order valence-corrected chi connectivity index (χ1v) is 12.2. The Kier molecular flexibility index (Phi) is 7.52. The van der Waals surface area contributed by atoms with Crippen LogP contribution in [0.5, 0.6) is 0 Å². The smallest absolute Gasteiger partial charge is 0.291 e. The number of carbonyl (C=O) groups is 1. The maximum Gasteiger partial charge on any atom is 0.291 e. The summed E-state index contributed by atoms with van der Waals surface area (Å²) >= 11 is 6.55. The molecule has 0 aliphatic heterocycles. The van der Waals surface area contributed by atoms with E-state index >= 15 is 0 Å². The number of carbonyl (C=O) groups excluding carboxylic acids is 1. The number of amides is 1. The molecular weight excluding hydrogens is 470 g/mol. The third kappa shape index (κ3) is 5.42. The highest BCUT2D eigenvalue weighted by Crippen LogP contribution is 2.37. The molecule has 172 valence electrons. The molecule has 0 radical (unpaired) electrons. The first-order valence-electron chi connectivity index (χ1n) is 9.51. The molecule has 0 aliphatic rings. The van der Waals surface area contributed by atoms with Crippen molar-refractivity contribution >= 4 is 38.9 Å². The number of halogens is 3. The first-order chi connectivity index (χ1) is 14.1. The van der Waals surface area contributed by atoms with Gasteiger partial charge in [0.25, 0.3) is 10.0 Å². The summed E-state index contributed by atoms with van der Waals surface area (Å²) in [7, 11) is -4.33. The minimum Gasteiger partial charge on any atom is -0.385 e. The Hall–Kier alpha value is -1.62. The third-order valence-corrected chi connectivity index (χ3v) is 7.97. The van der Waals surface area contributed by atoms with Gasteiger partial charge in [-0.2, -0.15) is 8.42 Å². The molecule has 1 amide bonds. The monoisotopic (exact) mass is 494 g/mol. The van der Waals surface area contributed by atoms with Crippen LogP contribution in [0.15, 0.2) is 10.5 Å². The average molecular weight is 495 g/mol. The zero-order chi connectivity index (χ0) is 23.9. The van der Waals surface area contributed by atoms with Gasteiger partial charge >= 0.3 is 0 Å². The minimum atomic E-state index is -4.33. The van der Waals surface area contributed by atoms with Gasteiger partial charge in [-0.3, -0.25) is 4.79 Å². The number of nitrogens with one attached hydrogen (secondary N) is 1. The summed E-state index contributed by atoms with van der Waals surface area (Å²) in [5, 5.41) is 9.34. The lowest BCUT2D eigenvalue weighted by atomic mass is 9.86. The van der Waals surface area contributed by atoms with Crippen LogP contribution in [0.25, 0.3) is 0 Å². The number of aliphatic hydroxyl groups is 1. The summed E-state index contributed by atoms with van der Waals surface area (Å²) in [5.74, 6) is -3.74. The Bertz CT molecular complexity index is 1070. The number of hydrogen-bond acceptors (Lipinski definition) is 6. The molecule has 1 heterocycles. The zero-order valence-electron chi connectivity index (χ0n) is 18.0. The lowest BCUT2D eigenvalue weighted by Gasteiger charge is -2.22. The Morgan fingerprint density at radius 3 is 2.06 bits per heavy atom. The van der Waals surface area contributed by atoms with E-state index < -0.39 is 60.8 Å². The molecule has 31 heavy (non-hydrogen) atoms. The van der Waals surface area contributed by atoms with E-state index in [0.717, 1.165) is 0 Å². The number of benzene rings is 1. The fraction of sp³-hybridized carbons (Fsp3) is 0.500. The number of hydrogen-bond donors (Lipinski definition) is 2. The molecule has 0 saturated heterocycles. The Labute approximate surface area is 189 Å². The van der Waals surface area contributed by atoms with Crippen molar-refractivity contribution in [2.24, 2.45) is 0 Å². The normalized spacial score (nSPS) is 12.6. The quantitative estimate of drug-likeness (QED) is 0.548. The van der Waals surface area contributed by atoms with Gasteiger partial charge in [0, 0.05) is 6.20 Å². The molecule has 2 rings (SSSR count). The van der Waals surface area contributed by atoms with Crippen LogP contribution in [0.2, 0.25) is 5.02 Å². The fourth-order valence-electron chi connectivity index (χ4n) is 3.19. The number of sulfonamides is 1. The molecule has 0 fully saturated rings. The van der Waals surface area contributed by atoms with Gasteiger partial charge in [-0.15, -0.1) is 11.3 Å². The van der Waals surface area contributed by atoms with E-state index in [1.165, 1.54) is 20.0 Å². The zero-order valence-corrected chi connectivity index (χ0v) is 20.4. The van der Waals surface area contributed by atoms with Crippen molar-refractivity contribution < 1.29 is 27.1 Å². The minimum absolute atomic E-state index is 0.0706. The van der Waals surface area contributed by atoms with E-state index in [2.05, 4.69) is 4.98 Å². The molecule has 0 aliphatic carbocycles. The van der Waals surface area contributed by atoms with Crippen molar-refractivity contribution in [2.45, 2.75) is 69.7 Å². The molecule has 11 heteroatoms. The maximum absolute atomic E-state index is 14.7. The highest BCUT2D eigenvalue weighted by atomic mass is 35.5. The maximum atomic E-state index is 14.7. The van der Waals surface area contributed by atoms with Gasteiger partial charge in [0.2, 0.25) is 10.2 Å². The van der Waals surface area contributed by atoms with Gasteiger partial charge in [0.15, 0.2) is 0 Å². The second kappa shape index (κ2) is 9.09. The summed E-state index contributed by atoms with van der Waals surface area (Å²) in [6, 6.07) is 0. The predicted octanol–water partition coefficient (Wildman–Crippen LogP) is 4.60. The molecule has 6 nitrogen and oxygen atoms in total.